The van der Waals surface area contributed by atoms with Gasteiger partial charge >= 0.3 is 0 Å². The summed E-state index contributed by atoms with van der Waals surface area (Å²) in [6.07, 6.45) is 1.36. The Hall–Kier alpha value is -5.47. The molecule has 0 aliphatic rings. The van der Waals surface area contributed by atoms with E-state index >= 15 is 0 Å². The SMILES string of the molecule is CC(Nc1ncnc(N)c1C#Cc1ccccc1)c1nc2cccc(C#N)c2c(=O)n1-c1ccccc1. The molecule has 178 valence electrons. The van der Waals surface area contributed by atoms with Gasteiger partial charge in [0.1, 0.15) is 35.4 Å². The molecule has 3 N–H and O–H groups in total. The lowest BCUT2D eigenvalue weighted by molar-refractivity contribution is 0.730. The molecule has 0 aliphatic carbocycles. The molecule has 8 heteroatoms. The van der Waals surface area contributed by atoms with Crippen molar-refractivity contribution in [3.63, 3.8) is 0 Å². The normalized spacial score (nSPS) is 11.2. The van der Waals surface area contributed by atoms with Crippen LogP contribution in [0.4, 0.5) is 11.6 Å². The fourth-order valence-corrected chi connectivity index (χ4v) is 4.02. The van der Waals surface area contributed by atoms with Gasteiger partial charge in [-0.05, 0) is 43.3 Å². The van der Waals surface area contributed by atoms with E-state index in [1.165, 1.54) is 10.9 Å². The molecular formula is C29H21N7O. The Labute approximate surface area is 213 Å². The summed E-state index contributed by atoms with van der Waals surface area (Å²) in [6.45, 7) is 1.87. The molecule has 0 aliphatic heterocycles. The Balaban J connectivity index is 1.64. The minimum absolute atomic E-state index is 0.235. The third-order valence-electron chi connectivity index (χ3n) is 5.78. The first-order valence-electron chi connectivity index (χ1n) is 11.5. The molecule has 0 bridgehead atoms. The van der Waals surface area contributed by atoms with Crippen LogP contribution in [-0.2, 0) is 0 Å². The fourth-order valence-electron chi connectivity index (χ4n) is 4.02. The van der Waals surface area contributed by atoms with Crippen LogP contribution in [0.2, 0.25) is 0 Å². The zero-order valence-electron chi connectivity index (χ0n) is 19.9. The highest BCUT2D eigenvalue weighted by Crippen LogP contribution is 2.25. The second kappa shape index (κ2) is 10.0. The lowest BCUT2D eigenvalue weighted by Crippen LogP contribution is -2.28. The molecule has 1 atom stereocenters. The number of benzene rings is 3. The number of hydrogen-bond acceptors (Lipinski definition) is 7. The van der Waals surface area contributed by atoms with Gasteiger partial charge in [0.2, 0.25) is 0 Å². The highest BCUT2D eigenvalue weighted by Gasteiger charge is 2.21. The number of anilines is 2. The van der Waals surface area contributed by atoms with Crippen LogP contribution in [0.5, 0.6) is 0 Å². The van der Waals surface area contributed by atoms with E-state index in [2.05, 4.69) is 33.2 Å². The van der Waals surface area contributed by atoms with Gasteiger partial charge < -0.3 is 11.1 Å². The summed E-state index contributed by atoms with van der Waals surface area (Å²) in [5.74, 6) is 7.25. The van der Waals surface area contributed by atoms with Crippen molar-refractivity contribution in [1.29, 1.82) is 5.26 Å². The van der Waals surface area contributed by atoms with Crippen molar-refractivity contribution in [3.8, 4) is 23.6 Å². The van der Waals surface area contributed by atoms with E-state index in [0.717, 1.165) is 5.56 Å². The second-order valence-corrected chi connectivity index (χ2v) is 8.22. The average molecular weight is 484 g/mol. The third-order valence-corrected chi connectivity index (χ3v) is 5.78. The first kappa shape index (κ1) is 23.3. The Morgan fingerprint density at radius 3 is 2.41 bits per heavy atom. The van der Waals surface area contributed by atoms with E-state index in [1.807, 2.05) is 67.6 Å². The lowest BCUT2D eigenvalue weighted by atomic mass is 10.1. The number of nitriles is 1. The highest BCUT2D eigenvalue weighted by molar-refractivity contribution is 5.84. The molecule has 37 heavy (non-hydrogen) atoms. The molecule has 3 aromatic carbocycles. The van der Waals surface area contributed by atoms with Gasteiger partial charge in [-0.1, -0.05) is 54.3 Å². The van der Waals surface area contributed by atoms with Gasteiger partial charge in [-0.3, -0.25) is 9.36 Å². The van der Waals surface area contributed by atoms with Crippen molar-refractivity contribution >= 4 is 22.5 Å². The summed E-state index contributed by atoms with van der Waals surface area (Å²) < 4.78 is 1.51. The number of hydrogen-bond donors (Lipinski definition) is 2. The fraction of sp³-hybridized carbons (Fsp3) is 0.0690. The number of nitrogens with one attached hydrogen (secondary N) is 1. The molecule has 0 radical (unpaired) electrons. The summed E-state index contributed by atoms with van der Waals surface area (Å²) >= 11 is 0. The highest BCUT2D eigenvalue weighted by atomic mass is 16.1. The van der Waals surface area contributed by atoms with Crippen LogP contribution < -0.4 is 16.6 Å². The second-order valence-electron chi connectivity index (χ2n) is 8.22. The van der Waals surface area contributed by atoms with Crippen LogP contribution in [-0.4, -0.2) is 19.5 Å². The smallest absolute Gasteiger partial charge is 0.267 e. The van der Waals surface area contributed by atoms with Crippen LogP contribution in [0.1, 0.15) is 35.5 Å². The van der Waals surface area contributed by atoms with Crippen LogP contribution in [0.25, 0.3) is 16.6 Å². The standard InChI is InChI=1S/C29H21N7O/c1-19(34-27-23(26(31)32-18-33-27)16-15-20-9-4-2-5-10-20)28-35-24-14-8-11-21(17-30)25(24)29(37)36(28)22-12-6-3-7-13-22/h2-14,18-19H,1H3,(H3,31,32,33,34). The van der Waals surface area contributed by atoms with Crippen molar-refractivity contribution in [2.45, 2.75) is 13.0 Å². The van der Waals surface area contributed by atoms with Gasteiger partial charge in [0.15, 0.2) is 0 Å². The molecule has 5 aromatic rings. The van der Waals surface area contributed by atoms with Crippen molar-refractivity contribution < 1.29 is 0 Å². The predicted molar refractivity (Wildman–Crippen MR) is 143 cm³/mol. The van der Waals surface area contributed by atoms with Crippen LogP contribution in [0, 0.1) is 23.2 Å². The number of nitrogen functional groups attached to an aromatic ring is 1. The van der Waals surface area contributed by atoms with E-state index in [1.54, 1.807) is 18.2 Å². The average Bonchev–Trinajstić information content (AvgIpc) is 2.93. The molecule has 2 aromatic heterocycles. The Morgan fingerprint density at radius 1 is 0.946 bits per heavy atom. The first-order valence-corrected chi connectivity index (χ1v) is 11.5. The van der Waals surface area contributed by atoms with Gasteiger partial charge in [0, 0.05) is 5.56 Å². The lowest BCUT2D eigenvalue weighted by Gasteiger charge is -2.21. The number of fused-ring (bicyclic) bond motifs is 1. The maximum Gasteiger partial charge on any atom is 0.267 e. The first-order chi connectivity index (χ1) is 18.1. The monoisotopic (exact) mass is 483 g/mol. The van der Waals surface area contributed by atoms with E-state index < -0.39 is 6.04 Å². The minimum atomic E-state index is -0.491. The Kier molecular flexibility index (Phi) is 6.31. The van der Waals surface area contributed by atoms with E-state index in [-0.39, 0.29) is 22.3 Å². The van der Waals surface area contributed by atoms with E-state index in [4.69, 9.17) is 10.7 Å². The topological polar surface area (TPSA) is 123 Å². The number of para-hydroxylation sites is 1. The van der Waals surface area contributed by atoms with E-state index in [0.29, 0.717) is 28.4 Å². The Bertz CT molecular complexity index is 1760. The summed E-state index contributed by atoms with van der Waals surface area (Å²) in [7, 11) is 0. The zero-order chi connectivity index (χ0) is 25.8. The van der Waals surface area contributed by atoms with Gasteiger partial charge in [0.05, 0.1) is 28.2 Å². The largest absolute Gasteiger partial charge is 0.382 e. The molecule has 0 fully saturated rings. The van der Waals surface area contributed by atoms with Crippen molar-refractivity contribution in [2.24, 2.45) is 0 Å². The van der Waals surface area contributed by atoms with Gasteiger partial charge in [-0.2, -0.15) is 5.26 Å². The summed E-state index contributed by atoms with van der Waals surface area (Å²) in [4.78, 5) is 27.0. The maximum absolute atomic E-state index is 13.7. The quantitative estimate of drug-likeness (QED) is 0.367. The zero-order valence-corrected chi connectivity index (χ0v) is 19.9. The summed E-state index contributed by atoms with van der Waals surface area (Å²) in [6, 6.07) is 25.4. The van der Waals surface area contributed by atoms with Gasteiger partial charge in [-0.25, -0.2) is 15.0 Å². The van der Waals surface area contributed by atoms with Crippen molar-refractivity contribution in [1.82, 2.24) is 19.5 Å². The summed E-state index contributed by atoms with van der Waals surface area (Å²) in [5, 5.41) is 13.2. The van der Waals surface area contributed by atoms with Crippen LogP contribution >= 0.6 is 0 Å². The van der Waals surface area contributed by atoms with Gasteiger partial charge in [0.25, 0.3) is 5.56 Å². The van der Waals surface area contributed by atoms with E-state index in [9.17, 15) is 10.1 Å². The van der Waals surface area contributed by atoms with Crippen molar-refractivity contribution in [2.75, 3.05) is 11.1 Å². The van der Waals surface area contributed by atoms with Gasteiger partial charge in [-0.15, -0.1) is 0 Å². The number of aromatic nitrogens is 4. The molecule has 2 heterocycles. The number of rotatable bonds is 4. The predicted octanol–water partition coefficient (Wildman–Crippen LogP) is 4.20. The molecule has 8 nitrogen and oxygen atoms in total. The number of nitrogens with two attached hydrogens (primary N) is 1. The van der Waals surface area contributed by atoms with Crippen molar-refractivity contribution in [3.05, 3.63) is 118 Å². The molecule has 0 saturated carbocycles. The molecule has 0 amide bonds. The minimum Gasteiger partial charge on any atom is -0.382 e. The van der Waals surface area contributed by atoms with Crippen LogP contribution in [0.15, 0.2) is 90.0 Å². The molecule has 5 rings (SSSR count). The molecule has 0 spiro atoms. The summed E-state index contributed by atoms with van der Waals surface area (Å²) in [5.41, 5.74) is 8.43. The molecule has 0 saturated heterocycles. The molecule has 1 unspecified atom stereocenters. The Morgan fingerprint density at radius 2 is 1.68 bits per heavy atom. The maximum atomic E-state index is 13.7. The number of nitrogens with zero attached hydrogens (tertiary/aromatic N) is 5. The van der Waals surface area contributed by atoms with Crippen LogP contribution in [0.3, 0.4) is 0 Å². The third kappa shape index (κ3) is 4.60. The molecular weight excluding hydrogens is 462 g/mol.